The van der Waals surface area contributed by atoms with E-state index in [2.05, 4.69) is 0 Å². The molecule has 1 aromatic heterocycles. The molecule has 1 atom stereocenters. The number of rotatable bonds is 4. The Bertz CT molecular complexity index is 513. The molecule has 0 aliphatic carbocycles. The molecular formula is C13H13ClO4. The number of ether oxygens (including phenoxy) is 2. The third-order valence-electron chi connectivity index (χ3n) is 2.60. The van der Waals surface area contributed by atoms with Gasteiger partial charge < -0.3 is 19.0 Å². The summed E-state index contributed by atoms with van der Waals surface area (Å²) in [5.41, 5.74) is 0.508. The second-order valence-corrected chi connectivity index (χ2v) is 3.99. The summed E-state index contributed by atoms with van der Waals surface area (Å²) in [7, 11) is 3.06. The van der Waals surface area contributed by atoms with Crippen LogP contribution in [0.1, 0.15) is 17.4 Å². The predicted octanol–water partition coefficient (Wildman–Crippen LogP) is 3.03. The molecule has 5 heteroatoms. The van der Waals surface area contributed by atoms with Gasteiger partial charge >= 0.3 is 0 Å². The van der Waals surface area contributed by atoms with Crippen molar-refractivity contribution in [2.75, 3.05) is 14.2 Å². The molecule has 1 unspecified atom stereocenters. The number of methoxy groups -OCH3 is 2. The lowest BCUT2D eigenvalue weighted by molar-refractivity contribution is 0.180. The zero-order chi connectivity index (χ0) is 13.1. The monoisotopic (exact) mass is 268 g/mol. The van der Waals surface area contributed by atoms with Gasteiger partial charge in [0.25, 0.3) is 0 Å². The molecule has 18 heavy (non-hydrogen) atoms. The minimum atomic E-state index is -0.997. The molecule has 2 aromatic rings. The Hall–Kier alpha value is -1.65. The van der Waals surface area contributed by atoms with Crippen LogP contribution in [0.25, 0.3) is 0 Å². The third-order valence-corrected chi connectivity index (χ3v) is 2.81. The summed E-state index contributed by atoms with van der Waals surface area (Å²) >= 11 is 5.70. The minimum absolute atomic E-state index is 0.220. The Balaban J connectivity index is 2.48. The number of halogens is 1. The van der Waals surface area contributed by atoms with Crippen molar-refractivity contribution < 1.29 is 19.0 Å². The highest BCUT2D eigenvalue weighted by atomic mass is 35.5. The summed E-state index contributed by atoms with van der Waals surface area (Å²) in [6, 6.07) is 8.45. The SMILES string of the molecule is COc1cccc(OC)c1C(O)c1ccc(Cl)o1. The van der Waals surface area contributed by atoms with Gasteiger partial charge in [0.1, 0.15) is 23.4 Å². The highest BCUT2D eigenvalue weighted by Gasteiger charge is 2.23. The van der Waals surface area contributed by atoms with Gasteiger partial charge in [-0.15, -0.1) is 0 Å². The van der Waals surface area contributed by atoms with E-state index in [1.807, 2.05) is 0 Å². The Labute approximate surface area is 110 Å². The predicted molar refractivity (Wildman–Crippen MR) is 67.3 cm³/mol. The quantitative estimate of drug-likeness (QED) is 0.926. The van der Waals surface area contributed by atoms with Crippen molar-refractivity contribution >= 4 is 11.6 Å². The fourth-order valence-corrected chi connectivity index (χ4v) is 1.92. The van der Waals surface area contributed by atoms with Crippen LogP contribution in [0.5, 0.6) is 11.5 Å². The van der Waals surface area contributed by atoms with E-state index in [4.69, 9.17) is 25.5 Å². The summed E-state index contributed by atoms with van der Waals surface area (Å²) in [5.74, 6) is 1.38. The van der Waals surface area contributed by atoms with Crippen LogP contribution in [0.15, 0.2) is 34.7 Å². The minimum Gasteiger partial charge on any atom is -0.496 e. The zero-order valence-corrected chi connectivity index (χ0v) is 10.8. The molecule has 0 radical (unpaired) electrons. The average Bonchev–Trinajstić information content (AvgIpc) is 2.83. The maximum atomic E-state index is 10.3. The van der Waals surface area contributed by atoms with Gasteiger partial charge in [-0.05, 0) is 35.9 Å². The van der Waals surface area contributed by atoms with Crippen LogP contribution in [0, 0.1) is 0 Å². The molecule has 0 aliphatic heterocycles. The fourth-order valence-electron chi connectivity index (χ4n) is 1.77. The van der Waals surface area contributed by atoms with Crippen molar-refractivity contribution in [2.45, 2.75) is 6.10 Å². The lowest BCUT2D eigenvalue weighted by Gasteiger charge is -2.16. The van der Waals surface area contributed by atoms with Gasteiger partial charge in [0.05, 0.1) is 19.8 Å². The molecule has 0 saturated heterocycles. The van der Waals surface area contributed by atoms with Crippen LogP contribution in [-0.4, -0.2) is 19.3 Å². The van der Waals surface area contributed by atoms with E-state index in [1.165, 1.54) is 14.2 Å². The third kappa shape index (κ3) is 2.30. The molecule has 1 heterocycles. The second-order valence-electron chi connectivity index (χ2n) is 3.62. The molecule has 0 fully saturated rings. The van der Waals surface area contributed by atoms with Gasteiger partial charge in [0.2, 0.25) is 0 Å². The molecule has 0 aliphatic rings. The van der Waals surface area contributed by atoms with E-state index in [9.17, 15) is 5.11 Å². The summed E-state index contributed by atoms with van der Waals surface area (Å²) in [6.45, 7) is 0. The van der Waals surface area contributed by atoms with E-state index in [0.29, 0.717) is 22.8 Å². The van der Waals surface area contributed by atoms with Crippen LogP contribution >= 0.6 is 11.6 Å². The Kier molecular flexibility index (Phi) is 3.79. The number of aliphatic hydroxyl groups excluding tert-OH is 1. The van der Waals surface area contributed by atoms with Gasteiger partial charge in [-0.25, -0.2) is 0 Å². The largest absolute Gasteiger partial charge is 0.496 e. The topological polar surface area (TPSA) is 51.8 Å². The maximum Gasteiger partial charge on any atom is 0.193 e. The lowest BCUT2D eigenvalue weighted by atomic mass is 10.0. The summed E-state index contributed by atoms with van der Waals surface area (Å²) in [4.78, 5) is 0. The van der Waals surface area contributed by atoms with Crippen LogP contribution in [-0.2, 0) is 0 Å². The molecule has 2 rings (SSSR count). The van der Waals surface area contributed by atoms with Gasteiger partial charge in [0.15, 0.2) is 5.22 Å². The van der Waals surface area contributed by atoms with E-state index in [1.54, 1.807) is 30.3 Å². The number of furan rings is 1. The first kappa shape index (κ1) is 12.8. The number of hydrogen-bond acceptors (Lipinski definition) is 4. The number of benzene rings is 1. The standard InChI is InChI=1S/C13H13ClO4/c1-16-8-4-3-5-9(17-2)12(8)13(15)10-6-7-11(14)18-10/h3-7,13,15H,1-2H3. The normalized spacial score (nSPS) is 12.2. The van der Waals surface area contributed by atoms with Gasteiger partial charge in [-0.3, -0.25) is 0 Å². The highest BCUT2D eigenvalue weighted by molar-refractivity contribution is 6.28. The number of hydrogen-bond donors (Lipinski definition) is 1. The van der Waals surface area contributed by atoms with Crippen molar-refractivity contribution in [1.82, 2.24) is 0 Å². The molecule has 1 aromatic carbocycles. The van der Waals surface area contributed by atoms with E-state index < -0.39 is 6.10 Å². The fraction of sp³-hybridized carbons (Fsp3) is 0.231. The first-order valence-electron chi connectivity index (χ1n) is 5.31. The summed E-state index contributed by atoms with van der Waals surface area (Å²) in [6.07, 6.45) is -0.997. The second kappa shape index (κ2) is 5.33. The Morgan fingerprint density at radius 3 is 2.17 bits per heavy atom. The van der Waals surface area contributed by atoms with E-state index in [-0.39, 0.29) is 5.22 Å². The van der Waals surface area contributed by atoms with Gasteiger partial charge in [-0.2, -0.15) is 0 Å². The zero-order valence-electron chi connectivity index (χ0n) is 10.0. The van der Waals surface area contributed by atoms with E-state index in [0.717, 1.165) is 0 Å². The van der Waals surface area contributed by atoms with Crippen molar-refractivity contribution in [3.63, 3.8) is 0 Å². The maximum absolute atomic E-state index is 10.3. The van der Waals surface area contributed by atoms with Crippen molar-refractivity contribution in [2.24, 2.45) is 0 Å². The van der Waals surface area contributed by atoms with Crippen LogP contribution in [0.4, 0.5) is 0 Å². The molecule has 96 valence electrons. The van der Waals surface area contributed by atoms with Gasteiger partial charge in [-0.1, -0.05) is 6.07 Å². The molecular weight excluding hydrogens is 256 g/mol. The molecule has 4 nitrogen and oxygen atoms in total. The lowest BCUT2D eigenvalue weighted by Crippen LogP contribution is -2.04. The number of aliphatic hydroxyl groups is 1. The molecule has 0 amide bonds. The molecule has 0 saturated carbocycles. The van der Waals surface area contributed by atoms with Crippen molar-refractivity contribution in [1.29, 1.82) is 0 Å². The smallest absolute Gasteiger partial charge is 0.193 e. The summed E-state index contributed by atoms with van der Waals surface area (Å²) < 4.78 is 15.6. The van der Waals surface area contributed by atoms with Gasteiger partial charge in [0, 0.05) is 0 Å². The van der Waals surface area contributed by atoms with Crippen LogP contribution in [0.3, 0.4) is 0 Å². The van der Waals surface area contributed by atoms with Crippen molar-refractivity contribution in [3.8, 4) is 11.5 Å². The molecule has 0 spiro atoms. The molecule has 1 N–H and O–H groups in total. The van der Waals surface area contributed by atoms with Crippen molar-refractivity contribution in [3.05, 3.63) is 46.9 Å². The van der Waals surface area contributed by atoms with E-state index >= 15 is 0 Å². The van der Waals surface area contributed by atoms with Crippen LogP contribution in [0.2, 0.25) is 5.22 Å². The summed E-state index contributed by atoms with van der Waals surface area (Å²) in [5, 5.41) is 10.5. The Morgan fingerprint density at radius 2 is 1.72 bits per heavy atom. The average molecular weight is 269 g/mol. The highest BCUT2D eigenvalue weighted by Crippen LogP contribution is 2.38. The first-order chi connectivity index (χ1) is 8.67. The molecule has 0 bridgehead atoms. The first-order valence-corrected chi connectivity index (χ1v) is 5.69. The van der Waals surface area contributed by atoms with Crippen LogP contribution < -0.4 is 9.47 Å². The Morgan fingerprint density at radius 1 is 1.11 bits per heavy atom.